The molecular formula is C14H22N2O. The fraction of sp³-hybridized carbons (Fsp3) is 0.500. The monoisotopic (exact) mass is 234 g/mol. The van der Waals surface area contributed by atoms with Gasteiger partial charge in [-0.15, -0.1) is 0 Å². The number of hydrogen-bond acceptors (Lipinski definition) is 2. The lowest BCUT2D eigenvalue weighted by atomic mass is 9.94. The highest BCUT2D eigenvalue weighted by Gasteiger charge is 2.25. The predicted molar refractivity (Wildman–Crippen MR) is 70.3 cm³/mol. The second-order valence-corrected chi connectivity index (χ2v) is 5.38. The summed E-state index contributed by atoms with van der Waals surface area (Å²) < 4.78 is 0. The summed E-state index contributed by atoms with van der Waals surface area (Å²) >= 11 is 0. The van der Waals surface area contributed by atoms with Crippen molar-refractivity contribution in [2.24, 2.45) is 11.1 Å². The summed E-state index contributed by atoms with van der Waals surface area (Å²) in [5.74, 6) is 0.143. The van der Waals surface area contributed by atoms with Crippen molar-refractivity contribution in [3.05, 3.63) is 35.4 Å². The first-order valence-corrected chi connectivity index (χ1v) is 5.88. The standard InChI is InChI=1S/C14H22N2O/c1-14(2,3)13(17)16(4)10-12-8-6-5-7-11(12)9-15/h5-8H,9-10,15H2,1-4H3. The van der Waals surface area contributed by atoms with Gasteiger partial charge in [0, 0.05) is 25.6 Å². The van der Waals surface area contributed by atoms with Gasteiger partial charge < -0.3 is 10.6 Å². The summed E-state index contributed by atoms with van der Waals surface area (Å²) in [4.78, 5) is 13.8. The van der Waals surface area contributed by atoms with E-state index in [0.29, 0.717) is 13.1 Å². The van der Waals surface area contributed by atoms with Gasteiger partial charge in [-0.05, 0) is 11.1 Å². The van der Waals surface area contributed by atoms with Crippen LogP contribution in [0.2, 0.25) is 0 Å². The molecule has 0 heterocycles. The van der Waals surface area contributed by atoms with Crippen LogP contribution in [0.25, 0.3) is 0 Å². The van der Waals surface area contributed by atoms with E-state index in [4.69, 9.17) is 5.73 Å². The zero-order chi connectivity index (χ0) is 13.1. The van der Waals surface area contributed by atoms with Gasteiger partial charge in [0.1, 0.15) is 0 Å². The Hall–Kier alpha value is -1.35. The smallest absolute Gasteiger partial charge is 0.227 e. The van der Waals surface area contributed by atoms with Crippen molar-refractivity contribution >= 4 is 5.91 Å². The zero-order valence-electron chi connectivity index (χ0n) is 11.2. The van der Waals surface area contributed by atoms with Crippen LogP contribution in [0.15, 0.2) is 24.3 Å². The molecule has 2 N–H and O–H groups in total. The van der Waals surface area contributed by atoms with E-state index >= 15 is 0 Å². The SMILES string of the molecule is CN(Cc1ccccc1CN)C(=O)C(C)(C)C. The van der Waals surface area contributed by atoms with Gasteiger partial charge in [0.05, 0.1) is 0 Å². The fourth-order valence-corrected chi connectivity index (χ4v) is 1.81. The number of amides is 1. The summed E-state index contributed by atoms with van der Waals surface area (Å²) in [6.45, 7) is 6.92. The molecule has 0 saturated carbocycles. The summed E-state index contributed by atoms with van der Waals surface area (Å²) in [6.07, 6.45) is 0. The van der Waals surface area contributed by atoms with Gasteiger partial charge in [0.25, 0.3) is 0 Å². The van der Waals surface area contributed by atoms with Gasteiger partial charge in [0.2, 0.25) is 5.91 Å². The Morgan fingerprint density at radius 2 is 1.76 bits per heavy atom. The predicted octanol–water partition coefficient (Wildman–Crippen LogP) is 2.15. The van der Waals surface area contributed by atoms with Crippen molar-refractivity contribution in [2.45, 2.75) is 33.9 Å². The van der Waals surface area contributed by atoms with Gasteiger partial charge >= 0.3 is 0 Å². The third-order valence-electron chi connectivity index (χ3n) is 2.73. The van der Waals surface area contributed by atoms with Crippen LogP contribution >= 0.6 is 0 Å². The number of carbonyl (C=O) groups is 1. The van der Waals surface area contributed by atoms with E-state index in [0.717, 1.165) is 11.1 Å². The van der Waals surface area contributed by atoms with Crippen LogP contribution in [0.1, 0.15) is 31.9 Å². The molecule has 0 aromatic heterocycles. The van der Waals surface area contributed by atoms with E-state index in [1.54, 1.807) is 4.90 Å². The first kappa shape index (κ1) is 13.7. The van der Waals surface area contributed by atoms with Crippen LogP contribution in [-0.2, 0) is 17.9 Å². The van der Waals surface area contributed by atoms with Crippen LogP contribution in [0.3, 0.4) is 0 Å². The Morgan fingerprint density at radius 3 is 2.24 bits per heavy atom. The zero-order valence-corrected chi connectivity index (χ0v) is 11.2. The van der Waals surface area contributed by atoms with Crippen molar-refractivity contribution in [2.75, 3.05) is 7.05 Å². The summed E-state index contributed by atoms with van der Waals surface area (Å²) in [5, 5.41) is 0. The third kappa shape index (κ3) is 3.56. The molecule has 0 bridgehead atoms. The van der Waals surface area contributed by atoms with Gasteiger partial charge in [-0.1, -0.05) is 45.0 Å². The number of nitrogens with zero attached hydrogens (tertiary/aromatic N) is 1. The highest BCUT2D eigenvalue weighted by molar-refractivity contribution is 5.81. The van der Waals surface area contributed by atoms with Crippen LogP contribution < -0.4 is 5.73 Å². The molecule has 1 aromatic carbocycles. The summed E-state index contributed by atoms with van der Waals surface area (Å²) in [6, 6.07) is 7.97. The third-order valence-corrected chi connectivity index (χ3v) is 2.73. The van der Waals surface area contributed by atoms with Crippen molar-refractivity contribution in [3.8, 4) is 0 Å². The van der Waals surface area contributed by atoms with Gasteiger partial charge in [-0.25, -0.2) is 0 Å². The quantitative estimate of drug-likeness (QED) is 0.871. The molecule has 0 unspecified atom stereocenters. The minimum absolute atomic E-state index is 0.143. The average molecular weight is 234 g/mol. The highest BCUT2D eigenvalue weighted by Crippen LogP contribution is 2.19. The minimum atomic E-state index is -0.341. The van der Waals surface area contributed by atoms with Crippen molar-refractivity contribution in [1.29, 1.82) is 0 Å². The molecule has 0 aliphatic carbocycles. The number of carbonyl (C=O) groups excluding carboxylic acids is 1. The Labute approximate surface area is 104 Å². The number of rotatable bonds is 3. The molecular weight excluding hydrogens is 212 g/mol. The Bertz CT molecular complexity index is 393. The molecule has 94 valence electrons. The van der Waals surface area contributed by atoms with Gasteiger partial charge in [-0.3, -0.25) is 4.79 Å². The number of nitrogens with two attached hydrogens (primary N) is 1. The first-order valence-electron chi connectivity index (χ1n) is 5.88. The molecule has 0 aliphatic heterocycles. The molecule has 0 saturated heterocycles. The second kappa shape index (κ2) is 5.32. The molecule has 0 atom stereocenters. The molecule has 17 heavy (non-hydrogen) atoms. The van der Waals surface area contributed by atoms with Crippen molar-refractivity contribution in [3.63, 3.8) is 0 Å². The molecule has 0 radical (unpaired) electrons. The number of benzene rings is 1. The first-order chi connectivity index (χ1) is 7.86. The largest absolute Gasteiger partial charge is 0.341 e. The van der Waals surface area contributed by atoms with E-state index in [1.165, 1.54) is 0 Å². The van der Waals surface area contributed by atoms with Gasteiger partial charge in [-0.2, -0.15) is 0 Å². The molecule has 3 heteroatoms. The lowest BCUT2D eigenvalue weighted by molar-refractivity contribution is -0.138. The van der Waals surface area contributed by atoms with E-state index in [1.807, 2.05) is 52.1 Å². The van der Waals surface area contributed by atoms with Crippen LogP contribution in [0.5, 0.6) is 0 Å². The Balaban J connectivity index is 2.81. The van der Waals surface area contributed by atoms with Crippen LogP contribution in [0.4, 0.5) is 0 Å². The van der Waals surface area contributed by atoms with Crippen LogP contribution in [0, 0.1) is 5.41 Å². The Kier molecular flexibility index (Phi) is 4.29. The van der Waals surface area contributed by atoms with Gasteiger partial charge in [0.15, 0.2) is 0 Å². The van der Waals surface area contributed by atoms with E-state index in [-0.39, 0.29) is 11.3 Å². The molecule has 1 amide bonds. The minimum Gasteiger partial charge on any atom is -0.341 e. The normalized spacial score (nSPS) is 11.4. The molecule has 1 rings (SSSR count). The molecule has 1 aromatic rings. The fourth-order valence-electron chi connectivity index (χ4n) is 1.81. The van der Waals surface area contributed by atoms with Crippen LogP contribution in [-0.4, -0.2) is 17.9 Å². The topological polar surface area (TPSA) is 46.3 Å². The maximum absolute atomic E-state index is 12.1. The van der Waals surface area contributed by atoms with Crippen molar-refractivity contribution < 1.29 is 4.79 Å². The highest BCUT2D eigenvalue weighted by atomic mass is 16.2. The second-order valence-electron chi connectivity index (χ2n) is 5.38. The summed E-state index contributed by atoms with van der Waals surface area (Å²) in [5.41, 5.74) is 7.56. The number of hydrogen-bond donors (Lipinski definition) is 1. The maximum atomic E-state index is 12.1. The molecule has 0 fully saturated rings. The maximum Gasteiger partial charge on any atom is 0.227 e. The summed E-state index contributed by atoms with van der Waals surface area (Å²) in [7, 11) is 1.83. The van der Waals surface area contributed by atoms with E-state index in [9.17, 15) is 4.79 Å². The molecule has 0 spiro atoms. The van der Waals surface area contributed by atoms with E-state index < -0.39 is 0 Å². The lowest BCUT2D eigenvalue weighted by Crippen LogP contribution is -2.36. The average Bonchev–Trinajstić information content (AvgIpc) is 2.27. The molecule has 0 aliphatic rings. The van der Waals surface area contributed by atoms with Crippen molar-refractivity contribution in [1.82, 2.24) is 4.90 Å². The Morgan fingerprint density at radius 1 is 1.24 bits per heavy atom. The lowest BCUT2D eigenvalue weighted by Gasteiger charge is -2.26. The van der Waals surface area contributed by atoms with E-state index in [2.05, 4.69) is 0 Å². The molecule has 3 nitrogen and oxygen atoms in total.